The fourth-order valence-electron chi connectivity index (χ4n) is 2.18. The quantitative estimate of drug-likeness (QED) is 0.622. The number of hydrogen-bond donors (Lipinski definition) is 0. The molecule has 0 bridgehead atoms. The van der Waals surface area contributed by atoms with Crippen molar-refractivity contribution in [1.82, 2.24) is 0 Å². The summed E-state index contributed by atoms with van der Waals surface area (Å²) < 4.78 is 0. The third-order valence-corrected chi connectivity index (χ3v) is 3.09. The highest BCUT2D eigenvalue weighted by atomic mass is 79.9. The minimum Gasteiger partial charge on any atom is -0.114 e. The first kappa shape index (κ1) is 17.7. The summed E-state index contributed by atoms with van der Waals surface area (Å²) in [5.41, 5.74) is 5.65. The van der Waals surface area contributed by atoms with Gasteiger partial charge in [0.1, 0.15) is 0 Å². The molecule has 102 valence electrons. The van der Waals surface area contributed by atoms with Gasteiger partial charge in [0.05, 0.1) is 0 Å². The van der Waals surface area contributed by atoms with Crippen LogP contribution in [0, 0.1) is 0 Å². The third kappa shape index (κ3) is 4.36. The van der Waals surface area contributed by atoms with E-state index in [1.807, 2.05) is 0 Å². The summed E-state index contributed by atoms with van der Waals surface area (Å²) in [6.45, 7) is 10.4. The Labute approximate surface area is 128 Å². The lowest BCUT2D eigenvalue weighted by molar-refractivity contribution is 1.12. The highest BCUT2D eigenvalue weighted by Crippen LogP contribution is 2.27. The van der Waals surface area contributed by atoms with Crippen LogP contribution in [0.2, 0.25) is 0 Å². The maximum Gasteiger partial charge on any atom is -0.0149 e. The van der Waals surface area contributed by atoms with Crippen molar-refractivity contribution in [3.8, 4) is 11.1 Å². The second-order valence-corrected chi connectivity index (χ2v) is 4.02. The Kier molecular flexibility index (Phi) is 8.90. The molecule has 0 fully saturated rings. The van der Waals surface area contributed by atoms with Crippen molar-refractivity contribution in [2.24, 2.45) is 0 Å². The maximum atomic E-state index is 3.00. The van der Waals surface area contributed by atoms with Crippen LogP contribution in [0.5, 0.6) is 0 Å². The van der Waals surface area contributed by atoms with E-state index in [-0.39, 0.29) is 17.0 Å². The average molecular weight is 319 g/mol. The Bertz CT molecular complexity index is 443. The topological polar surface area (TPSA) is 0 Å². The van der Waals surface area contributed by atoms with Crippen LogP contribution in [-0.4, -0.2) is 0 Å². The van der Waals surface area contributed by atoms with Crippen LogP contribution in [0.4, 0.5) is 0 Å². The molecule has 0 aliphatic carbocycles. The van der Waals surface area contributed by atoms with Gasteiger partial charge in [0.15, 0.2) is 0 Å². The fourth-order valence-corrected chi connectivity index (χ4v) is 2.18. The van der Waals surface area contributed by atoms with Crippen molar-refractivity contribution >= 4 is 17.0 Å². The Morgan fingerprint density at radius 3 is 1.32 bits per heavy atom. The van der Waals surface area contributed by atoms with Crippen LogP contribution in [0.15, 0.2) is 61.7 Å². The van der Waals surface area contributed by atoms with E-state index >= 15 is 0 Å². The van der Waals surface area contributed by atoms with Gasteiger partial charge in [-0.15, -0.1) is 30.1 Å². The molecule has 0 atom stereocenters. The molecule has 0 amide bonds. The lowest BCUT2D eigenvalue weighted by atomic mass is 9.93. The number of rotatable bonds is 3. The lowest BCUT2D eigenvalue weighted by Crippen LogP contribution is -1.91. The van der Waals surface area contributed by atoms with Crippen molar-refractivity contribution in [3.05, 3.63) is 72.8 Å². The van der Waals surface area contributed by atoms with E-state index in [0.717, 1.165) is 12.8 Å². The summed E-state index contributed by atoms with van der Waals surface area (Å²) in [4.78, 5) is 0. The summed E-state index contributed by atoms with van der Waals surface area (Å²) in [5.74, 6) is 0. The predicted molar refractivity (Wildman–Crippen MR) is 92.2 cm³/mol. The van der Waals surface area contributed by atoms with Crippen LogP contribution >= 0.6 is 17.0 Å². The van der Waals surface area contributed by atoms with Gasteiger partial charge in [-0.05, 0) is 35.1 Å². The molecule has 0 heterocycles. The van der Waals surface area contributed by atoms with Crippen molar-refractivity contribution in [2.75, 3.05) is 0 Å². The van der Waals surface area contributed by atoms with Gasteiger partial charge in [0.25, 0.3) is 0 Å². The molecule has 0 nitrogen and oxygen atoms in total. The van der Waals surface area contributed by atoms with E-state index in [1.54, 1.807) is 0 Å². The maximum absolute atomic E-state index is 3.00. The number of aryl methyl sites for hydroxylation is 2. The first-order valence-corrected chi connectivity index (χ1v) is 6.53. The highest BCUT2D eigenvalue weighted by Gasteiger charge is 2.05. The van der Waals surface area contributed by atoms with Gasteiger partial charge in [0.2, 0.25) is 0 Å². The third-order valence-electron chi connectivity index (χ3n) is 3.09. The van der Waals surface area contributed by atoms with Gasteiger partial charge >= 0.3 is 0 Å². The standard InChI is InChI=1S/C16H18.C2H4.BrH/c1-3-13-9-5-7-11-15(13)16-12-8-6-10-14(16)4-2;1-2;/h5-12H,3-4H2,1-2H3;1-2H2;1H. The van der Waals surface area contributed by atoms with Crippen LogP contribution < -0.4 is 0 Å². The van der Waals surface area contributed by atoms with Crippen molar-refractivity contribution in [1.29, 1.82) is 0 Å². The molecule has 2 aromatic rings. The summed E-state index contributed by atoms with van der Waals surface area (Å²) in [5, 5.41) is 0. The Balaban J connectivity index is 0.00000103. The first-order valence-electron chi connectivity index (χ1n) is 6.53. The Hall–Kier alpha value is -1.34. The van der Waals surface area contributed by atoms with E-state index in [9.17, 15) is 0 Å². The molecule has 0 radical (unpaired) electrons. The van der Waals surface area contributed by atoms with Crippen molar-refractivity contribution < 1.29 is 0 Å². The molecule has 0 N–H and O–H groups in total. The summed E-state index contributed by atoms with van der Waals surface area (Å²) >= 11 is 0. The highest BCUT2D eigenvalue weighted by molar-refractivity contribution is 8.93. The molecule has 2 aromatic carbocycles. The van der Waals surface area contributed by atoms with Gasteiger partial charge in [-0.25, -0.2) is 0 Å². The Morgan fingerprint density at radius 2 is 1.00 bits per heavy atom. The summed E-state index contributed by atoms with van der Waals surface area (Å²) in [6.07, 6.45) is 2.18. The number of halogens is 1. The van der Waals surface area contributed by atoms with Crippen LogP contribution in [0.3, 0.4) is 0 Å². The van der Waals surface area contributed by atoms with Gasteiger partial charge in [-0.1, -0.05) is 62.4 Å². The molecule has 0 spiro atoms. The molecule has 0 aliphatic rings. The summed E-state index contributed by atoms with van der Waals surface area (Å²) in [7, 11) is 0. The van der Waals surface area contributed by atoms with E-state index in [0.29, 0.717) is 0 Å². The zero-order chi connectivity index (χ0) is 13.4. The van der Waals surface area contributed by atoms with Crippen LogP contribution in [0.1, 0.15) is 25.0 Å². The molecular formula is C18H23Br. The molecule has 0 aliphatic heterocycles. The van der Waals surface area contributed by atoms with Crippen LogP contribution in [0.25, 0.3) is 11.1 Å². The largest absolute Gasteiger partial charge is 0.114 e. The zero-order valence-electron chi connectivity index (χ0n) is 11.9. The zero-order valence-corrected chi connectivity index (χ0v) is 13.6. The molecule has 19 heavy (non-hydrogen) atoms. The van der Waals surface area contributed by atoms with Gasteiger partial charge in [-0.2, -0.15) is 0 Å². The van der Waals surface area contributed by atoms with E-state index in [4.69, 9.17) is 0 Å². The van der Waals surface area contributed by atoms with Crippen molar-refractivity contribution in [2.45, 2.75) is 26.7 Å². The predicted octanol–water partition coefficient (Wildman–Crippen LogP) is 5.86. The lowest BCUT2D eigenvalue weighted by Gasteiger charge is -2.11. The van der Waals surface area contributed by atoms with Crippen molar-refractivity contribution in [3.63, 3.8) is 0 Å². The summed E-state index contributed by atoms with van der Waals surface area (Å²) in [6, 6.07) is 17.4. The minimum absolute atomic E-state index is 0. The smallest absolute Gasteiger partial charge is 0.0149 e. The molecule has 1 heteroatoms. The molecule has 0 saturated heterocycles. The van der Waals surface area contributed by atoms with Crippen LogP contribution in [-0.2, 0) is 12.8 Å². The monoisotopic (exact) mass is 318 g/mol. The molecule has 0 saturated carbocycles. The normalized spacial score (nSPS) is 8.95. The Morgan fingerprint density at radius 1 is 0.684 bits per heavy atom. The SMILES string of the molecule is Br.C=C.CCc1ccccc1-c1ccccc1CC. The molecular weight excluding hydrogens is 296 g/mol. The van der Waals surface area contributed by atoms with Gasteiger partial charge < -0.3 is 0 Å². The van der Waals surface area contributed by atoms with Gasteiger partial charge in [0, 0.05) is 0 Å². The van der Waals surface area contributed by atoms with E-state index < -0.39 is 0 Å². The average Bonchev–Trinajstić information content (AvgIpc) is 2.49. The van der Waals surface area contributed by atoms with E-state index in [2.05, 4.69) is 75.5 Å². The fraction of sp³-hybridized carbons (Fsp3) is 0.222. The van der Waals surface area contributed by atoms with E-state index in [1.165, 1.54) is 22.3 Å². The minimum atomic E-state index is 0. The van der Waals surface area contributed by atoms with Gasteiger partial charge in [-0.3, -0.25) is 0 Å². The second-order valence-electron chi connectivity index (χ2n) is 4.02. The number of hydrogen-bond acceptors (Lipinski definition) is 0. The molecule has 0 aromatic heterocycles. The number of benzene rings is 2. The second kappa shape index (κ2) is 9.57. The first-order chi connectivity index (χ1) is 8.86. The molecule has 2 rings (SSSR count). The molecule has 0 unspecified atom stereocenters.